The summed E-state index contributed by atoms with van der Waals surface area (Å²) in [5, 5.41) is 10.0. The highest BCUT2D eigenvalue weighted by Crippen LogP contribution is 2.51. The third-order valence-corrected chi connectivity index (χ3v) is 7.71. The van der Waals surface area contributed by atoms with Gasteiger partial charge in [-0.15, -0.1) is 0 Å². The molecule has 3 aromatic rings. The standard InChI is InChI=1S/C32H31F6NO5/c1-20(22-8-4-3-5-9-22)29(41)39-19-26(44-25-10-6-7-21(17-25)11-16-28(40)43-2)14-12-23-18-24(13-15-27(23)39)30(42,31(33,34)35)32(36,37)38/h3-10,13,15,17-18,20,26,42H,11-12,14,16,19H2,1-2H3/t20-,26-/m0/s1. The van der Waals surface area contributed by atoms with E-state index in [2.05, 4.69) is 4.74 Å². The third kappa shape index (κ3) is 6.85. The fourth-order valence-electron chi connectivity index (χ4n) is 5.21. The molecule has 1 amide bonds. The Morgan fingerprint density at radius 2 is 1.64 bits per heavy atom. The Morgan fingerprint density at radius 3 is 2.27 bits per heavy atom. The molecule has 0 aliphatic carbocycles. The Labute approximate surface area is 250 Å². The number of aliphatic hydroxyl groups is 1. The van der Waals surface area contributed by atoms with Crippen LogP contribution in [0.2, 0.25) is 0 Å². The summed E-state index contributed by atoms with van der Waals surface area (Å²) in [4.78, 5) is 26.7. The Morgan fingerprint density at radius 1 is 0.955 bits per heavy atom. The maximum Gasteiger partial charge on any atom is 0.430 e. The van der Waals surface area contributed by atoms with Gasteiger partial charge in [0, 0.05) is 17.7 Å². The zero-order chi connectivity index (χ0) is 32.3. The Kier molecular flexibility index (Phi) is 9.62. The van der Waals surface area contributed by atoms with Crippen LogP contribution in [0.5, 0.6) is 5.75 Å². The van der Waals surface area contributed by atoms with Crippen molar-refractivity contribution < 1.29 is 50.5 Å². The number of amides is 1. The number of fused-ring (bicyclic) bond motifs is 1. The number of rotatable bonds is 8. The van der Waals surface area contributed by atoms with Gasteiger partial charge in [-0.05, 0) is 61.1 Å². The molecule has 0 unspecified atom stereocenters. The van der Waals surface area contributed by atoms with Crippen molar-refractivity contribution in [2.45, 2.75) is 62.6 Å². The van der Waals surface area contributed by atoms with Crippen molar-refractivity contribution in [3.8, 4) is 5.75 Å². The molecule has 0 saturated heterocycles. The van der Waals surface area contributed by atoms with Gasteiger partial charge in [0.2, 0.25) is 5.91 Å². The number of benzene rings is 3. The Hall–Kier alpha value is -4.06. The van der Waals surface area contributed by atoms with Crippen molar-refractivity contribution in [2.24, 2.45) is 0 Å². The van der Waals surface area contributed by atoms with Gasteiger partial charge in [0.1, 0.15) is 11.9 Å². The number of aryl methyl sites for hydroxylation is 2. The SMILES string of the molecule is COC(=O)CCc1cccc(O[C@H]2CCc3cc(C(O)(C(F)(F)F)C(F)(F)F)ccc3N(C(=O)[C@@H](C)c3ccccc3)C2)c1. The molecule has 44 heavy (non-hydrogen) atoms. The van der Waals surface area contributed by atoms with E-state index in [4.69, 9.17) is 4.74 Å². The Balaban J connectivity index is 1.71. The van der Waals surface area contributed by atoms with Crippen molar-refractivity contribution in [2.75, 3.05) is 18.6 Å². The number of ether oxygens (including phenoxy) is 2. The lowest BCUT2D eigenvalue weighted by Gasteiger charge is -2.34. The van der Waals surface area contributed by atoms with Crippen LogP contribution in [0.3, 0.4) is 0 Å². The van der Waals surface area contributed by atoms with Gasteiger partial charge in [0.25, 0.3) is 5.60 Å². The predicted octanol–water partition coefficient (Wildman–Crippen LogP) is 6.63. The normalized spacial score (nSPS) is 16.5. The highest BCUT2D eigenvalue weighted by Gasteiger charge is 2.71. The topological polar surface area (TPSA) is 76.1 Å². The number of hydrogen-bond donors (Lipinski definition) is 1. The lowest BCUT2D eigenvalue weighted by Crippen LogP contribution is -2.54. The molecule has 0 spiro atoms. The zero-order valence-corrected chi connectivity index (χ0v) is 23.9. The molecule has 2 atom stereocenters. The van der Waals surface area contributed by atoms with Gasteiger partial charge in [0.15, 0.2) is 0 Å². The second-order valence-electron chi connectivity index (χ2n) is 10.6. The van der Waals surface area contributed by atoms with Crippen LogP contribution in [0, 0.1) is 0 Å². The minimum atomic E-state index is -6.05. The monoisotopic (exact) mass is 623 g/mol. The van der Waals surface area contributed by atoms with E-state index in [0.717, 1.165) is 11.6 Å². The maximum atomic E-state index is 13.9. The molecule has 1 N–H and O–H groups in total. The summed E-state index contributed by atoms with van der Waals surface area (Å²) in [6, 6.07) is 17.9. The van der Waals surface area contributed by atoms with E-state index in [1.807, 2.05) is 0 Å². The van der Waals surface area contributed by atoms with E-state index in [1.165, 1.54) is 12.0 Å². The summed E-state index contributed by atoms with van der Waals surface area (Å²) in [6.07, 6.45) is -12.2. The summed E-state index contributed by atoms with van der Waals surface area (Å²) >= 11 is 0. The minimum Gasteiger partial charge on any atom is -0.489 e. The lowest BCUT2D eigenvalue weighted by molar-refractivity contribution is -0.376. The van der Waals surface area contributed by atoms with E-state index >= 15 is 0 Å². The van der Waals surface area contributed by atoms with Crippen molar-refractivity contribution in [3.63, 3.8) is 0 Å². The molecule has 0 radical (unpaired) electrons. The number of methoxy groups -OCH3 is 1. The summed E-state index contributed by atoms with van der Waals surface area (Å²) in [5.41, 5.74) is -4.89. The average molecular weight is 624 g/mol. The van der Waals surface area contributed by atoms with E-state index in [0.29, 0.717) is 29.9 Å². The second-order valence-corrected chi connectivity index (χ2v) is 10.6. The molecule has 0 saturated carbocycles. The minimum absolute atomic E-state index is 0.0287. The van der Waals surface area contributed by atoms with Crippen LogP contribution < -0.4 is 9.64 Å². The van der Waals surface area contributed by atoms with Crippen LogP contribution >= 0.6 is 0 Å². The number of carbonyl (C=O) groups excluding carboxylic acids is 2. The van der Waals surface area contributed by atoms with Gasteiger partial charge < -0.3 is 19.5 Å². The number of halogens is 6. The van der Waals surface area contributed by atoms with Crippen LogP contribution in [-0.4, -0.2) is 49.1 Å². The number of hydrogen-bond acceptors (Lipinski definition) is 5. The van der Waals surface area contributed by atoms with E-state index in [-0.39, 0.29) is 43.0 Å². The van der Waals surface area contributed by atoms with Crippen molar-refractivity contribution >= 4 is 17.6 Å². The van der Waals surface area contributed by atoms with Gasteiger partial charge in [-0.2, -0.15) is 26.3 Å². The first-order valence-electron chi connectivity index (χ1n) is 13.8. The number of nitrogens with zero attached hydrogens (tertiary/aromatic N) is 1. The smallest absolute Gasteiger partial charge is 0.430 e. The molecular formula is C32H31F6NO5. The molecule has 0 fully saturated rings. The number of alkyl halides is 6. The van der Waals surface area contributed by atoms with Crippen LogP contribution in [0.4, 0.5) is 32.0 Å². The third-order valence-electron chi connectivity index (χ3n) is 7.71. The maximum absolute atomic E-state index is 13.9. The fraction of sp³-hybridized carbons (Fsp3) is 0.375. The number of esters is 1. The summed E-state index contributed by atoms with van der Waals surface area (Å²) in [5.74, 6) is -1.11. The molecule has 6 nitrogen and oxygen atoms in total. The van der Waals surface area contributed by atoms with Crippen molar-refractivity contribution in [1.29, 1.82) is 0 Å². The largest absolute Gasteiger partial charge is 0.489 e. The van der Waals surface area contributed by atoms with Gasteiger partial charge in [0.05, 0.1) is 19.6 Å². The van der Waals surface area contributed by atoms with Crippen LogP contribution in [-0.2, 0) is 32.8 Å². The van der Waals surface area contributed by atoms with Gasteiger partial charge in [-0.3, -0.25) is 9.59 Å². The average Bonchev–Trinajstić information content (AvgIpc) is 3.17. The van der Waals surface area contributed by atoms with Crippen LogP contribution in [0.1, 0.15) is 47.9 Å². The molecule has 4 rings (SSSR count). The first-order chi connectivity index (χ1) is 20.7. The zero-order valence-electron chi connectivity index (χ0n) is 23.9. The first-order valence-corrected chi connectivity index (χ1v) is 13.8. The lowest BCUT2D eigenvalue weighted by atomic mass is 9.89. The van der Waals surface area contributed by atoms with Crippen molar-refractivity contribution in [1.82, 2.24) is 0 Å². The van der Waals surface area contributed by atoms with Gasteiger partial charge >= 0.3 is 18.3 Å². The van der Waals surface area contributed by atoms with Gasteiger partial charge in [-0.25, -0.2) is 0 Å². The fourth-order valence-corrected chi connectivity index (χ4v) is 5.21. The van der Waals surface area contributed by atoms with Crippen molar-refractivity contribution in [3.05, 3.63) is 95.1 Å². The number of anilines is 1. The molecule has 1 heterocycles. The second kappa shape index (κ2) is 12.9. The molecule has 12 heteroatoms. The van der Waals surface area contributed by atoms with E-state index < -0.39 is 41.4 Å². The molecule has 1 aliphatic rings. The Bertz CT molecular complexity index is 1460. The first kappa shape index (κ1) is 32.8. The predicted molar refractivity (Wildman–Crippen MR) is 149 cm³/mol. The van der Waals surface area contributed by atoms with Gasteiger partial charge in [-0.1, -0.05) is 54.6 Å². The molecule has 1 aliphatic heterocycles. The molecule has 0 aromatic heterocycles. The molecule has 236 valence electrons. The highest BCUT2D eigenvalue weighted by atomic mass is 19.4. The quantitative estimate of drug-likeness (QED) is 0.225. The summed E-state index contributed by atoms with van der Waals surface area (Å²) in [7, 11) is 1.29. The highest BCUT2D eigenvalue weighted by molar-refractivity contribution is 5.98. The molecule has 0 bridgehead atoms. The molecular weight excluding hydrogens is 592 g/mol. The summed E-state index contributed by atoms with van der Waals surface area (Å²) in [6.45, 7) is 1.61. The summed E-state index contributed by atoms with van der Waals surface area (Å²) < 4.78 is 92.9. The van der Waals surface area contributed by atoms with E-state index in [9.17, 15) is 41.0 Å². The molecule has 3 aromatic carbocycles. The van der Waals surface area contributed by atoms with E-state index in [1.54, 1.807) is 61.5 Å². The van der Waals surface area contributed by atoms with Crippen LogP contribution in [0.25, 0.3) is 0 Å². The van der Waals surface area contributed by atoms with Crippen LogP contribution in [0.15, 0.2) is 72.8 Å². The number of carbonyl (C=O) groups is 2.